The van der Waals surface area contributed by atoms with Gasteiger partial charge in [0.25, 0.3) is 0 Å². The fourth-order valence-corrected chi connectivity index (χ4v) is 1.74. The van der Waals surface area contributed by atoms with E-state index in [2.05, 4.69) is 16.8 Å². The first-order valence-corrected chi connectivity index (χ1v) is 6.06. The SMILES string of the molecule is CC(C)(C)OC(=O)n1cc(C#CC=O)c2ccncc21. The van der Waals surface area contributed by atoms with Crippen molar-refractivity contribution in [2.24, 2.45) is 0 Å². The number of hydrogen-bond donors (Lipinski definition) is 0. The smallest absolute Gasteiger partial charge is 0.419 e. The van der Waals surface area contributed by atoms with Gasteiger partial charge in [-0.3, -0.25) is 9.78 Å². The van der Waals surface area contributed by atoms with Crippen molar-refractivity contribution >= 4 is 23.3 Å². The Labute approximate surface area is 116 Å². The second kappa shape index (κ2) is 5.17. The van der Waals surface area contributed by atoms with E-state index in [1.54, 1.807) is 45.4 Å². The first-order valence-electron chi connectivity index (χ1n) is 6.06. The minimum atomic E-state index is -0.593. The zero-order chi connectivity index (χ0) is 14.8. The second-order valence-corrected chi connectivity index (χ2v) is 5.17. The van der Waals surface area contributed by atoms with Crippen molar-refractivity contribution in [3.05, 3.63) is 30.2 Å². The van der Waals surface area contributed by atoms with E-state index in [9.17, 15) is 9.59 Å². The van der Waals surface area contributed by atoms with E-state index in [-0.39, 0.29) is 0 Å². The fourth-order valence-electron chi connectivity index (χ4n) is 1.74. The van der Waals surface area contributed by atoms with Gasteiger partial charge in [-0.25, -0.2) is 9.36 Å². The normalized spacial score (nSPS) is 10.8. The monoisotopic (exact) mass is 270 g/mol. The number of fused-ring (bicyclic) bond motifs is 1. The number of hydrogen-bond acceptors (Lipinski definition) is 4. The van der Waals surface area contributed by atoms with E-state index in [0.717, 1.165) is 5.39 Å². The highest BCUT2D eigenvalue weighted by Crippen LogP contribution is 2.21. The third-order valence-corrected chi connectivity index (χ3v) is 2.46. The van der Waals surface area contributed by atoms with Crippen LogP contribution in [-0.2, 0) is 9.53 Å². The fraction of sp³-hybridized carbons (Fsp3) is 0.267. The van der Waals surface area contributed by atoms with Crippen molar-refractivity contribution in [2.45, 2.75) is 26.4 Å². The minimum Gasteiger partial charge on any atom is -0.443 e. The number of rotatable bonds is 0. The molecule has 102 valence electrons. The average molecular weight is 270 g/mol. The van der Waals surface area contributed by atoms with Crippen LogP contribution < -0.4 is 0 Å². The number of aromatic nitrogens is 2. The highest BCUT2D eigenvalue weighted by molar-refractivity contribution is 5.94. The molecule has 5 heteroatoms. The van der Waals surface area contributed by atoms with Crippen molar-refractivity contribution in [3.63, 3.8) is 0 Å². The molecule has 0 aliphatic rings. The maximum atomic E-state index is 12.2. The van der Waals surface area contributed by atoms with Gasteiger partial charge in [0, 0.05) is 17.8 Å². The molecule has 0 aliphatic carbocycles. The van der Waals surface area contributed by atoms with E-state index < -0.39 is 11.7 Å². The summed E-state index contributed by atoms with van der Waals surface area (Å²) in [6, 6.07) is 1.74. The van der Waals surface area contributed by atoms with E-state index in [1.807, 2.05) is 0 Å². The molecule has 0 unspecified atom stereocenters. The molecule has 0 aromatic carbocycles. The number of carbonyl (C=O) groups excluding carboxylic acids is 2. The second-order valence-electron chi connectivity index (χ2n) is 5.17. The summed E-state index contributed by atoms with van der Waals surface area (Å²) in [5, 5.41) is 0.750. The van der Waals surface area contributed by atoms with E-state index in [1.165, 1.54) is 4.57 Å². The molecule has 2 heterocycles. The van der Waals surface area contributed by atoms with Crippen LogP contribution >= 0.6 is 0 Å². The average Bonchev–Trinajstić information content (AvgIpc) is 2.73. The molecule has 2 rings (SSSR count). The van der Waals surface area contributed by atoms with Crippen LogP contribution in [0.1, 0.15) is 26.3 Å². The Hall–Kier alpha value is -2.61. The lowest BCUT2D eigenvalue weighted by Gasteiger charge is -2.19. The summed E-state index contributed by atoms with van der Waals surface area (Å²) in [6.45, 7) is 5.38. The number of nitrogens with zero attached hydrogens (tertiary/aromatic N) is 2. The summed E-state index contributed by atoms with van der Waals surface area (Å²) in [5.74, 6) is 5.04. The number of pyridine rings is 1. The number of aldehydes is 1. The van der Waals surface area contributed by atoms with E-state index in [0.29, 0.717) is 17.4 Å². The maximum absolute atomic E-state index is 12.2. The summed E-state index contributed by atoms with van der Waals surface area (Å²) >= 11 is 0. The summed E-state index contributed by atoms with van der Waals surface area (Å²) < 4.78 is 6.68. The Morgan fingerprint density at radius 3 is 2.85 bits per heavy atom. The van der Waals surface area contributed by atoms with Gasteiger partial charge in [0.15, 0.2) is 6.29 Å². The third kappa shape index (κ3) is 2.86. The van der Waals surface area contributed by atoms with Gasteiger partial charge in [-0.1, -0.05) is 5.92 Å². The largest absolute Gasteiger partial charge is 0.443 e. The summed E-state index contributed by atoms with van der Waals surface area (Å²) in [7, 11) is 0. The molecule has 0 radical (unpaired) electrons. The molecule has 0 saturated carbocycles. The highest BCUT2D eigenvalue weighted by atomic mass is 16.6. The number of carbonyl (C=O) groups is 2. The minimum absolute atomic E-state index is 0.505. The Kier molecular flexibility index (Phi) is 3.57. The molecule has 2 aromatic rings. The van der Waals surface area contributed by atoms with E-state index >= 15 is 0 Å². The molecule has 0 fully saturated rings. The molecular formula is C15H14N2O3. The zero-order valence-electron chi connectivity index (χ0n) is 11.5. The van der Waals surface area contributed by atoms with Crippen LogP contribution in [0, 0.1) is 11.8 Å². The molecule has 0 amide bonds. The quantitative estimate of drug-likeness (QED) is 0.544. The number of ether oxygens (including phenoxy) is 1. The molecule has 5 nitrogen and oxygen atoms in total. The van der Waals surface area contributed by atoms with Crippen LogP contribution in [-0.4, -0.2) is 27.5 Å². The lowest BCUT2D eigenvalue weighted by atomic mass is 10.2. The van der Waals surface area contributed by atoms with Crippen molar-refractivity contribution < 1.29 is 14.3 Å². The van der Waals surface area contributed by atoms with Crippen molar-refractivity contribution in [1.82, 2.24) is 9.55 Å². The van der Waals surface area contributed by atoms with E-state index in [4.69, 9.17) is 4.74 Å². The van der Waals surface area contributed by atoms with Gasteiger partial charge >= 0.3 is 6.09 Å². The van der Waals surface area contributed by atoms with Gasteiger partial charge in [-0.2, -0.15) is 0 Å². The highest BCUT2D eigenvalue weighted by Gasteiger charge is 2.20. The molecule has 0 saturated heterocycles. The van der Waals surface area contributed by atoms with Gasteiger partial charge in [0.2, 0.25) is 0 Å². The molecule has 0 atom stereocenters. The van der Waals surface area contributed by atoms with Crippen LogP contribution in [0.25, 0.3) is 10.9 Å². The molecule has 20 heavy (non-hydrogen) atoms. The maximum Gasteiger partial charge on any atom is 0.419 e. The Bertz CT molecular complexity index is 727. The summed E-state index contributed by atoms with van der Waals surface area (Å²) in [4.78, 5) is 26.5. The van der Waals surface area contributed by atoms with Gasteiger partial charge in [-0.15, -0.1) is 0 Å². The molecule has 0 spiro atoms. The summed E-state index contributed by atoms with van der Waals surface area (Å²) in [6.07, 6.45) is 4.73. The lowest BCUT2D eigenvalue weighted by molar-refractivity contribution is -0.103. The topological polar surface area (TPSA) is 61.2 Å². The van der Waals surface area contributed by atoms with Crippen molar-refractivity contribution in [3.8, 4) is 11.8 Å². The van der Waals surface area contributed by atoms with Gasteiger partial charge in [0.05, 0.1) is 17.3 Å². The van der Waals surface area contributed by atoms with Crippen molar-refractivity contribution in [2.75, 3.05) is 0 Å². The molecule has 0 N–H and O–H groups in total. The van der Waals surface area contributed by atoms with Gasteiger partial charge < -0.3 is 4.74 Å². The standard InChI is InChI=1S/C15H14N2O3/c1-15(2,3)20-14(19)17-10-11(5-4-8-18)12-6-7-16-9-13(12)17/h6-10H,1-3H3. The molecular weight excluding hydrogens is 256 g/mol. The van der Waals surface area contributed by atoms with Gasteiger partial charge in [0.1, 0.15) is 5.60 Å². The summed E-state index contributed by atoms with van der Waals surface area (Å²) in [5.41, 5.74) is 0.585. The van der Waals surface area contributed by atoms with Crippen LogP contribution in [0.4, 0.5) is 4.79 Å². The molecule has 2 aromatic heterocycles. The Morgan fingerprint density at radius 1 is 1.45 bits per heavy atom. The Morgan fingerprint density at radius 2 is 2.20 bits per heavy atom. The molecule has 0 aliphatic heterocycles. The van der Waals surface area contributed by atoms with Crippen LogP contribution in [0.5, 0.6) is 0 Å². The van der Waals surface area contributed by atoms with Crippen LogP contribution in [0.2, 0.25) is 0 Å². The van der Waals surface area contributed by atoms with Crippen LogP contribution in [0.3, 0.4) is 0 Å². The third-order valence-electron chi connectivity index (χ3n) is 2.46. The van der Waals surface area contributed by atoms with Crippen LogP contribution in [0.15, 0.2) is 24.7 Å². The van der Waals surface area contributed by atoms with Gasteiger partial charge in [-0.05, 0) is 32.8 Å². The first-order chi connectivity index (χ1) is 9.42. The Balaban J connectivity index is 2.54. The van der Waals surface area contributed by atoms with Crippen molar-refractivity contribution in [1.29, 1.82) is 0 Å². The molecule has 0 bridgehead atoms. The first kappa shape index (κ1) is 13.8. The predicted octanol–water partition coefficient (Wildman–Crippen LogP) is 2.37. The predicted molar refractivity (Wildman–Crippen MR) is 74.3 cm³/mol. The lowest BCUT2D eigenvalue weighted by Crippen LogP contribution is -2.26. The zero-order valence-corrected chi connectivity index (χ0v) is 11.5.